The fraction of sp³-hybridized carbons (Fsp3) is 0.333. The lowest BCUT2D eigenvalue weighted by Crippen LogP contribution is -2.22. The molecule has 3 heterocycles. The van der Waals surface area contributed by atoms with E-state index in [0.29, 0.717) is 29.3 Å². The molecule has 2 aromatic heterocycles. The molecule has 1 aliphatic rings. The van der Waals surface area contributed by atoms with E-state index < -0.39 is 0 Å². The minimum absolute atomic E-state index is 0.0711. The van der Waals surface area contributed by atoms with Gasteiger partial charge in [0, 0.05) is 30.2 Å². The second-order valence-electron chi connectivity index (χ2n) is 7.89. The van der Waals surface area contributed by atoms with Crippen molar-refractivity contribution >= 4 is 21.8 Å². The monoisotopic (exact) mass is 419 g/mol. The Kier molecular flexibility index (Phi) is 5.11. The molecule has 0 unspecified atom stereocenters. The minimum Gasteiger partial charge on any atom is -0.497 e. The Hall–Kier alpha value is -3.32. The summed E-state index contributed by atoms with van der Waals surface area (Å²) in [6, 6.07) is 12.1. The first-order valence-electron chi connectivity index (χ1n) is 10.5. The Morgan fingerprint density at radius 3 is 2.71 bits per heavy atom. The van der Waals surface area contributed by atoms with Crippen LogP contribution in [0.25, 0.3) is 21.8 Å². The van der Waals surface area contributed by atoms with E-state index in [9.17, 15) is 4.79 Å². The van der Waals surface area contributed by atoms with Crippen molar-refractivity contribution in [2.24, 2.45) is 0 Å². The molecular weight excluding hydrogens is 394 g/mol. The van der Waals surface area contributed by atoms with E-state index in [-0.39, 0.29) is 5.56 Å². The summed E-state index contributed by atoms with van der Waals surface area (Å²) in [5.74, 6) is 1.84. The molecule has 4 aromatic rings. The van der Waals surface area contributed by atoms with Crippen LogP contribution in [-0.2, 0) is 11.3 Å². The summed E-state index contributed by atoms with van der Waals surface area (Å²) in [7, 11) is 3.25. The average Bonchev–Trinajstić information content (AvgIpc) is 3.32. The standard InChI is InChI=1S/C24H25N3O4/c1-29-18-5-3-17(22(12-18)30-2)14-27-21-11-16(15-7-9-31-10-8-15)4-6-19(21)23-20(24(27)28)13-25-26-23/h3-6,11-13,15H,7-10,14H2,1-2H3,(H,25,26). The maximum atomic E-state index is 13.4. The molecule has 31 heavy (non-hydrogen) atoms. The van der Waals surface area contributed by atoms with Crippen LogP contribution in [-0.4, -0.2) is 42.2 Å². The number of aromatic amines is 1. The van der Waals surface area contributed by atoms with E-state index in [2.05, 4.69) is 28.4 Å². The number of aromatic nitrogens is 3. The predicted molar refractivity (Wildman–Crippen MR) is 119 cm³/mol. The molecule has 7 heteroatoms. The van der Waals surface area contributed by atoms with E-state index in [1.807, 2.05) is 22.8 Å². The number of fused-ring (bicyclic) bond motifs is 3. The van der Waals surface area contributed by atoms with Crippen LogP contribution in [0.3, 0.4) is 0 Å². The third-order valence-electron chi connectivity index (χ3n) is 6.21. The van der Waals surface area contributed by atoms with Crippen LogP contribution >= 0.6 is 0 Å². The highest BCUT2D eigenvalue weighted by Crippen LogP contribution is 2.32. The van der Waals surface area contributed by atoms with Crippen molar-refractivity contribution in [2.45, 2.75) is 25.3 Å². The smallest absolute Gasteiger partial charge is 0.262 e. The van der Waals surface area contributed by atoms with Gasteiger partial charge in [-0.15, -0.1) is 0 Å². The minimum atomic E-state index is -0.0711. The van der Waals surface area contributed by atoms with Crippen molar-refractivity contribution < 1.29 is 14.2 Å². The van der Waals surface area contributed by atoms with Crippen molar-refractivity contribution in [3.05, 3.63) is 64.1 Å². The summed E-state index contributed by atoms with van der Waals surface area (Å²) in [5, 5.41) is 8.70. The molecule has 0 saturated carbocycles. The Bertz CT molecular complexity index is 1300. The van der Waals surface area contributed by atoms with Gasteiger partial charge in [-0.2, -0.15) is 5.10 Å². The quantitative estimate of drug-likeness (QED) is 0.532. The lowest BCUT2D eigenvalue weighted by Gasteiger charge is -2.23. The molecule has 160 valence electrons. The highest BCUT2D eigenvalue weighted by atomic mass is 16.5. The summed E-state index contributed by atoms with van der Waals surface area (Å²) in [5.41, 5.74) is 3.74. The van der Waals surface area contributed by atoms with Gasteiger partial charge in [0.25, 0.3) is 5.56 Å². The number of methoxy groups -OCH3 is 2. The first-order valence-corrected chi connectivity index (χ1v) is 10.5. The van der Waals surface area contributed by atoms with Gasteiger partial charge in [0.2, 0.25) is 0 Å². The lowest BCUT2D eigenvalue weighted by atomic mass is 9.91. The van der Waals surface area contributed by atoms with Gasteiger partial charge in [0.15, 0.2) is 0 Å². The maximum absolute atomic E-state index is 13.4. The first-order chi connectivity index (χ1) is 15.2. The molecule has 0 bridgehead atoms. The van der Waals surface area contributed by atoms with Crippen LogP contribution < -0.4 is 15.0 Å². The van der Waals surface area contributed by atoms with Gasteiger partial charge in [0.05, 0.1) is 43.4 Å². The molecule has 5 rings (SSSR count). The number of hydrogen-bond acceptors (Lipinski definition) is 5. The first kappa shape index (κ1) is 19.6. The molecule has 1 fully saturated rings. The summed E-state index contributed by atoms with van der Waals surface area (Å²) < 4.78 is 18.2. The van der Waals surface area contributed by atoms with Crippen molar-refractivity contribution in [2.75, 3.05) is 27.4 Å². The normalized spacial score (nSPS) is 14.9. The maximum Gasteiger partial charge on any atom is 0.262 e. The summed E-state index contributed by atoms with van der Waals surface area (Å²) in [6.07, 6.45) is 3.59. The molecule has 1 saturated heterocycles. The summed E-state index contributed by atoms with van der Waals surface area (Å²) >= 11 is 0. The summed E-state index contributed by atoms with van der Waals surface area (Å²) in [4.78, 5) is 13.4. The highest BCUT2D eigenvalue weighted by Gasteiger charge is 2.19. The van der Waals surface area contributed by atoms with E-state index in [4.69, 9.17) is 14.2 Å². The molecule has 7 nitrogen and oxygen atoms in total. The van der Waals surface area contributed by atoms with Crippen molar-refractivity contribution in [3.8, 4) is 11.5 Å². The van der Waals surface area contributed by atoms with Gasteiger partial charge >= 0.3 is 0 Å². The third kappa shape index (κ3) is 3.45. The number of rotatable bonds is 5. The number of nitrogens with zero attached hydrogens (tertiary/aromatic N) is 2. The number of pyridine rings is 1. The van der Waals surface area contributed by atoms with Crippen molar-refractivity contribution in [3.63, 3.8) is 0 Å². The number of H-pyrrole nitrogens is 1. The zero-order valence-electron chi connectivity index (χ0n) is 17.7. The second-order valence-corrected chi connectivity index (χ2v) is 7.89. The van der Waals surface area contributed by atoms with Crippen LogP contribution in [0.5, 0.6) is 11.5 Å². The van der Waals surface area contributed by atoms with E-state index in [1.54, 1.807) is 20.4 Å². The fourth-order valence-corrected chi connectivity index (χ4v) is 4.49. The molecule has 0 atom stereocenters. The third-order valence-corrected chi connectivity index (χ3v) is 6.21. The Balaban J connectivity index is 1.69. The predicted octanol–water partition coefficient (Wildman–Crippen LogP) is 3.84. The molecule has 1 aliphatic heterocycles. The average molecular weight is 419 g/mol. The van der Waals surface area contributed by atoms with E-state index >= 15 is 0 Å². The van der Waals surface area contributed by atoms with E-state index in [1.165, 1.54) is 5.56 Å². The number of benzene rings is 2. The molecular formula is C24H25N3O4. The Labute approximate surface area is 179 Å². The van der Waals surface area contributed by atoms with Crippen LogP contribution in [0.2, 0.25) is 0 Å². The van der Waals surface area contributed by atoms with E-state index in [0.717, 1.165) is 48.0 Å². The fourth-order valence-electron chi connectivity index (χ4n) is 4.49. The van der Waals surface area contributed by atoms with Crippen LogP contribution in [0.15, 0.2) is 47.4 Å². The van der Waals surface area contributed by atoms with Crippen LogP contribution in [0.4, 0.5) is 0 Å². The summed E-state index contributed by atoms with van der Waals surface area (Å²) in [6.45, 7) is 1.94. The van der Waals surface area contributed by atoms with Crippen molar-refractivity contribution in [1.82, 2.24) is 14.8 Å². The topological polar surface area (TPSA) is 78.4 Å². The van der Waals surface area contributed by atoms with Crippen molar-refractivity contribution in [1.29, 1.82) is 0 Å². The molecule has 0 radical (unpaired) electrons. The molecule has 0 aliphatic carbocycles. The van der Waals surface area contributed by atoms with Gasteiger partial charge in [-0.05, 0) is 42.5 Å². The largest absolute Gasteiger partial charge is 0.497 e. The zero-order valence-corrected chi connectivity index (χ0v) is 17.7. The van der Waals surface area contributed by atoms with Gasteiger partial charge < -0.3 is 18.8 Å². The zero-order chi connectivity index (χ0) is 21.4. The number of nitrogens with one attached hydrogen (secondary N) is 1. The van der Waals surface area contributed by atoms with Gasteiger partial charge in [0.1, 0.15) is 11.5 Å². The molecule has 0 amide bonds. The second kappa shape index (κ2) is 8.07. The molecule has 0 spiro atoms. The number of hydrogen-bond donors (Lipinski definition) is 1. The van der Waals surface area contributed by atoms with Crippen LogP contribution in [0, 0.1) is 0 Å². The number of ether oxygens (including phenoxy) is 3. The van der Waals surface area contributed by atoms with Crippen LogP contribution in [0.1, 0.15) is 29.9 Å². The van der Waals surface area contributed by atoms with Gasteiger partial charge in [-0.3, -0.25) is 9.89 Å². The van der Waals surface area contributed by atoms with Gasteiger partial charge in [-0.25, -0.2) is 0 Å². The Morgan fingerprint density at radius 2 is 1.94 bits per heavy atom. The highest BCUT2D eigenvalue weighted by molar-refractivity contribution is 6.03. The lowest BCUT2D eigenvalue weighted by molar-refractivity contribution is 0.0853. The molecule has 1 N–H and O–H groups in total. The molecule has 2 aromatic carbocycles. The Morgan fingerprint density at radius 1 is 1.10 bits per heavy atom. The van der Waals surface area contributed by atoms with Gasteiger partial charge in [-0.1, -0.05) is 12.1 Å². The SMILES string of the molecule is COc1ccc(Cn2c(=O)c3cn[nH]c3c3ccc(C4CCOCC4)cc32)c(OC)c1.